The highest BCUT2D eigenvalue weighted by Gasteiger charge is 2.18. The molecule has 0 radical (unpaired) electrons. The van der Waals surface area contributed by atoms with Crippen LogP contribution in [0.1, 0.15) is 26.3 Å². The van der Waals surface area contributed by atoms with Crippen LogP contribution in [0, 0.1) is 6.92 Å². The van der Waals surface area contributed by atoms with Gasteiger partial charge in [0.1, 0.15) is 5.60 Å². The van der Waals surface area contributed by atoms with E-state index in [9.17, 15) is 4.79 Å². The topological polar surface area (TPSA) is 64.3 Å². The van der Waals surface area contributed by atoms with Crippen molar-refractivity contribution in [3.05, 3.63) is 47.0 Å². The Morgan fingerprint density at radius 2 is 1.74 bits per heavy atom. The van der Waals surface area contributed by atoms with Crippen molar-refractivity contribution < 1.29 is 9.53 Å². The van der Waals surface area contributed by atoms with Crippen LogP contribution >= 0.6 is 11.6 Å². The van der Waals surface area contributed by atoms with Gasteiger partial charge in [-0.1, -0.05) is 35.9 Å². The summed E-state index contributed by atoms with van der Waals surface area (Å²) >= 11 is 6.47. The summed E-state index contributed by atoms with van der Waals surface area (Å²) in [6, 6.07) is 11.1. The highest BCUT2D eigenvalue weighted by molar-refractivity contribution is 6.36. The highest BCUT2D eigenvalue weighted by Crippen LogP contribution is 2.36. The third-order valence-corrected chi connectivity index (χ3v) is 3.71. The van der Waals surface area contributed by atoms with E-state index in [1.165, 1.54) is 0 Å². The Morgan fingerprint density at radius 3 is 2.39 bits per heavy atom. The molecule has 0 aromatic heterocycles. The van der Waals surface area contributed by atoms with Crippen LogP contribution in [0.25, 0.3) is 11.1 Å². The van der Waals surface area contributed by atoms with E-state index in [1.54, 1.807) is 26.8 Å². The van der Waals surface area contributed by atoms with Crippen LogP contribution in [0.3, 0.4) is 0 Å². The predicted molar refractivity (Wildman–Crippen MR) is 95.9 cm³/mol. The van der Waals surface area contributed by atoms with E-state index in [4.69, 9.17) is 22.1 Å². The first kappa shape index (κ1) is 17.2. The number of benzene rings is 2. The Bertz CT molecular complexity index is 736. The predicted octanol–water partition coefficient (Wildman–Crippen LogP) is 5.24. The summed E-state index contributed by atoms with van der Waals surface area (Å²) in [7, 11) is 0. The second kappa shape index (κ2) is 6.50. The van der Waals surface area contributed by atoms with Crippen molar-refractivity contribution in [2.75, 3.05) is 11.1 Å². The maximum atomic E-state index is 11.9. The Labute approximate surface area is 141 Å². The highest BCUT2D eigenvalue weighted by atomic mass is 35.5. The normalized spacial score (nSPS) is 11.2. The molecular weight excluding hydrogens is 312 g/mol. The molecule has 2 rings (SSSR count). The molecule has 0 aliphatic carbocycles. The molecule has 23 heavy (non-hydrogen) atoms. The molecule has 0 saturated carbocycles. The Morgan fingerprint density at radius 1 is 1.13 bits per heavy atom. The fourth-order valence-corrected chi connectivity index (χ4v) is 2.47. The van der Waals surface area contributed by atoms with Crippen LogP contribution in [0.5, 0.6) is 0 Å². The lowest BCUT2D eigenvalue weighted by Gasteiger charge is -2.20. The molecule has 0 bridgehead atoms. The maximum Gasteiger partial charge on any atom is 0.412 e. The van der Waals surface area contributed by atoms with Gasteiger partial charge in [-0.2, -0.15) is 0 Å². The SMILES string of the molecule is Cc1c(N)cccc1-c1cccc(NC(=O)OC(C)(C)C)c1Cl. The molecule has 0 aliphatic heterocycles. The first-order chi connectivity index (χ1) is 10.7. The number of halogens is 1. The van der Waals surface area contributed by atoms with Gasteiger partial charge in [0.05, 0.1) is 10.7 Å². The van der Waals surface area contributed by atoms with E-state index in [0.717, 1.165) is 16.7 Å². The van der Waals surface area contributed by atoms with E-state index >= 15 is 0 Å². The van der Waals surface area contributed by atoms with Crippen molar-refractivity contribution in [2.45, 2.75) is 33.3 Å². The second-order valence-electron chi connectivity index (χ2n) is 6.31. The van der Waals surface area contributed by atoms with Gasteiger partial charge < -0.3 is 10.5 Å². The van der Waals surface area contributed by atoms with Crippen molar-refractivity contribution in [2.24, 2.45) is 0 Å². The van der Waals surface area contributed by atoms with Gasteiger partial charge in [-0.05, 0) is 51.0 Å². The average Bonchev–Trinajstić information content (AvgIpc) is 2.42. The molecule has 4 nitrogen and oxygen atoms in total. The lowest BCUT2D eigenvalue weighted by atomic mass is 9.99. The largest absolute Gasteiger partial charge is 0.444 e. The van der Waals surface area contributed by atoms with Crippen molar-refractivity contribution in [1.29, 1.82) is 0 Å². The average molecular weight is 333 g/mol. The monoisotopic (exact) mass is 332 g/mol. The van der Waals surface area contributed by atoms with Crippen LogP contribution in [0.2, 0.25) is 5.02 Å². The first-order valence-corrected chi connectivity index (χ1v) is 7.71. The van der Waals surface area contributed by atoms with E-state index in [0.29, 0.717) is 16.4 Å². The molecule has 122 valence electrons. The summed E-state index contributed by atoms with van der Waals surface area (Å²) in [5.41, 5.74) is 9.28. The molecule has 5 heteroatoms. The zero-order chi connectivity index (χ0) is 17.2. The van der Waals surface area contributed by atoms with Crippen LogP contribution < -0.4 is 11.1 Å². The summed E-state index contributed by atoms with van der Waals surface area (Å²) < 4.78 is 5.26. The van der Waals surface area contributed by atoms with E-state index in [-0.39, 0.29) is 0 Å². The fraction of sp³-hybridized carbons (Fsp3) is 0.278. The third-order valence-electron chi connectivity index (χ3n) is 3.30. The van der Waals surface area contributed by atoms with Gasteiger partial charge in [0.25, 0.3) is 0 Å². The van der Waals surface area contributed by atoms with Crippen molar-refractivity contribution in [3.8, 4) is 11.1 Å². The molecule has 0 fully saturated rings. The number of ether oxygens (including phenoxy) is 1. The lowest BCUT2D eigenvalue weighted by Crippen LogP contribution is -2.27. The van der Waals surface area contributed by atoms with Crippen LogP contribution in [0.4, 0.5) is 16.2 Å². The van der Waals surface area contributed by atoms with Gasteiger partial charge in [0, 0.05) is 11.3 Å². The number of carbonyl (C=O) groups excluding carboxylic acids is 1. The lowest BCUT2D eigenvalue weighted by molar-refractivity contribution is 0.0636. The molecule has 0 spiro atoms. The summed E-state index contributed by atoms with van der Waals surface area (Å²) in [6.07, 6.45) is -0.541. The third kappa shape index (κ3) is 4.17. The summed E-state index contributed by atoms with van der Waals surface area (Å²) in [5.74, 6) is 0. The summed E-state index contributed by atoms with van der Waals surface area (Å²) in [6.45, 7) is 7.36. The molecule has 0 aliphatic rings. The van der Waals surface area contributed by atoms with Gasteiger partial charge >= 0.3 is 6.09 Å². The van der Waals surface area contributed by atoms with Gasteiger partial charge in [0.2, 0.25) is 0 Å². The molecule has 3 N–H and O–H groups in total. The minimum Gasteiger partial charge on any atom is -0.444 e. The zero-order valence-electron chi connectivity index (χ0n) is 13.7. The smallest absolute Gasteiger partial charge is 0.412 e. The molecule has 2 aromatic rings. The number of nitrogens with two attached hydrogens (primary N) is 1. The number of nitrogens with one attached hydrogen (secondary N) is 1. The van der Waals surface area contributed by atoms with Gasteiger partial charge in [-0.15, -0.1) is 0 Å². The van der Waals surface area contributed by atoms with Gasteiger partial charge in [0.15, 0.2) is 0 Å². The summed E-state index contributed by atoms with van der Waals surface area (Å²) in [4.78, 5) is 11.9. The Hall–Kier alpha value is -2.20. The Kier molecular flexibility index (Phi) is 4.85. The second-order valence-corrected chi connectivity index (χ2v) is 6.69. The van der Waals surface area contributed by atoms with Gasteiger partial charge in [-0.25, -0.2) is 4.79 Å². The minimum atomic E-state index is -0.571. The quantitative estimate of drug-likeness (QED) is 0.739. The van der Waals surface area contributed by atoms with Crippen LogP contribution in [-0.2, 0) is 4.74 Å². The van der Waals surface area contributed by atoms with E-state index < -0.39 is 11.7 Å². The molecule has 1 amide bonds. The molecule has 0 saturated heterocycles. The van der Waals surface area contributed by atoms with Crippen molar-refractivity contribution in [1.82, 2.24) is 0 Å². The minimum absolute atomic E-state index is 0.451. The number of amides is 1. The summed E-state index contributed by atoms with van der Waals surface area (Å²) in [5, 5.41) is 3.14. The standard InChI is InChI=1S/C18H21ClN2O2/c1-11-12(7-5-9-14(11)20)13-8-6-10-15(16(13)19)21-17(22)23-18(2,3)4/h5-10H,20H2,1-4H3,(H,21,22). The first-order valence-electron chi connectivity index (χ1n) is 7.33. The number of rotatable bonds is 2. The number of carbonyl (C=O) groups is 1. The van der Waals surface area contributed by atoms with Crippen LogP contribution in [-0.4, -0.2) is 11.7 Å². The van der Waals surface area contributed by atoms with Crippen molar-refractivity contribution in [3.63, 3.8) is 0 Å². The molecule has 0 heterocycles. The zero-order valence-corrected chi connectivity index (χ0v) is 14.5. The molecule has 2 aromatic carbocycles. The number of nitrogen functional groups attached to an aromatic ring is 1. The fourth-order valence-electron chi connectivity index (χ4n) is 2.20. The van der Waals surface area contributed by atoms with E-state index in [1.807, 2.05) is 37.3 Å². The van der Waals surface area contributed by atoms with Crippen LogP contribution in [0.15, 0.2) is 36.4 Å². The molecule has 0 unspecified atom stereocenters. The number of anilines is 2. The van der Waals surface area contributed by atoms with Crippen molar-refractivity contribution >= 4 is 29.1 Å². The number of hydrogen-bond donors (Lipinski definition) is 2. The number of hydrogen-bond acceptors (Lipinski definition) is 3. The van der Waals surface area contributed by atoms with E-state index in [2.05, 4.69) is 5.32 Å². The molecular formula is C18H21ClN2O2. The molecule has 0 atom stereocenters. The van der Waals surface area contributed by atoms with Gasteiger partial charge in [-0.3, -0.25) is 5.32 Å². The maximum absolute atomic E-state index is 11.9. The Balaban J connectivity index is 2.36.